The molecule has 0 fully saturated rings. The van der Waals surface area contributed by atoms with Gasteiger partial charge in [0.2, 0.25) is 5.91 Å². The molecule has 1 aromatic heterocycles. The van der Waals surface area contributed by atoms with Crippen molar-refractivity contribution in [2.24, 2.45) is 5.92 Å². The topological polar surface area (TPSA) is 92.5 Å². The summed E-state index contributed by atoms with van der Waals surface area (Å²) in [7, 11) is 1.89. The smallest absolute Gasteiger partial charge is 0.222 e. The highest BCUT2D eigenvalue weighted by atomic mass is 16.5. The molecular formula is C16H29N5O3. The molecule has 3 atom stereocenters. The van der Waals surface area contributed by atoms with Crippen molar-refractivity contribution in [3.63, 3.8) is 0 Å². The van der Waals surface area contributed by atoms with Crippen LogP contribution in [0.1, 0.15) is 32.4 Å². The molecule has 8 heteroatoms. The number of nitrogens with zero attached hydrogens (tertiary/aromatic N) is 4. The average molecular weight is 339 g/mol. The molecule has 0 saturated heterocycles. The summed E-state index contributed by atoms with van der Waals surface area (Å²) in [6, 6.07) is -0.194. The van der Waals surface area contributed by atoms with Crippen LogP contribution in [0.25, 0.3) is 0 Å². The quantitative estimate of drug-likeness (QED) is 0.804. The Morgan fingerprint density at radius 1 is 1.54 bits per heavy atom. The second kappa shape index (κ2) is 9.10. The van der Waals surface area contributed by atoms with E-state index in [1.165, 1.54) is 0 Å². The lowest BCUT2D eigenvalue weighted by Gasteiger charge is -2.34. The number of likely N-dealkylation sites (N-methyl/N-ethyl adjacent to an activating group) is 1. The van der Waals surface area contributed by atoms with Crippen LogP contribution in [0.3, 0.4) is 0 Å². The summed E-state index contributed by atoms with van der Waals surface area (Å²) in [5, 5.41) is 20.7. The van der Waals surface area contributed by atoms with Gasteiger partial charge in [-0.1, -0.05) is 12.1 Å². The molecule has 0 spiro atoms. The van der Waals surface area contributed by atoms with Crippen LogP contribution in [-0.4, -0.2) is 69.8 Å². The van der Waals surface area contributed by atoms with E-state index in [1.807, 2.05) is 14.0 Å². The molecule has 24 heavy (non-hydrogen) atoms. The third-order valence-electron chi connectivity index (χ3n) is 4.55. The van der Waals surface area contributed by atoms with Crippen LogP contribution < -0.4 is 5.32 Å². The van der Waals surface area contributed by atoms with Crippen LogP contribution in [-0.2, 0) is 22.7 Å². The minimum Gasteiger partial charge on any atom is -0.394 e. The predicted molar refractivity (Wildman–Crippen MR) is 89.2 cm³/mol. The van der Waals surface area contributed by atoms with Crippen molar-refractivity contribution in [1.29, 1.82) is 0 Å². The number of aryl methyl sites for hydroxylation is 1. The molecule has 2 N–H and O–H groups in total. The predicted octanol–water partition coefficient (Wildman–Crippen LogP) is 0.0220. The van der Waals surface area contributed by atoms with Gasteiger partial charge < -0.3 is 20.1 Å². The third kappa shape index (κ3) is 4.75. The first-order valence-corrected chi connectivity index (χ1v) is 8.60. The van der Waals surface area contributed by atoms with Gasteiger partial charge in [0.05, 0.1) is 37.3 Å². The molecule has 0 aliphatic carbocycles. The summed E-state index contributed by atoms with van der Waals surface area (Å²) in [4.78, 5) is 14.4. The number of hydrogen-bond acceptors (Lipinski definition) is 6. The molecule has 0 saturated carbocycles. The number of rotatable bonds is 4. The van der Waals surface area contributed by atoms with Gasteiger partial charge >= 0.3 is 0 Å². The van der Waals surface area contributed by atoms with Gasteiger partial charge in [0.15, 0.2) is 0 Å². The van der Waals surface area contributed by atoms with Crippen molar-refractivity contribution in [2.45, 2.75) is 52.0 Å². The number of aliphatic hydroxyl groups excluding tert-OH is 1. The molecule has 0 bridgehead atoms. The summed E-state index contributed by atoms with van der Waals surface area (Å²) in [6.07, 6.45) is 2.81. The number of amides is 1. The van der Waals surface area contributed by atoms with Crippen LogP contribution in [0.5, 0.6) is 0 Å². The van der Waals surface area contributed by atoms with Crippen molar-refractivity contribution < 1.29 is 14.6 Å². The monoisotopic (exact) mass is 339 g/mol. The molecule has 1 aliphatic heterocycles. The highest BCUT2D eigenvalue weighted by Crippen LogP contribution is 2.17. The number of aromatic nitrogens is 3. The number of nitrogens with one attached hydrogen (secondary N) is 1. The van der Waals surface area contributed by atoms with Crippen LogP contribution in [0.2, 0.25) is 0 Å². The Kier molecular flexibility index (Phi) is 7.14. The van der Waals surface area contributed by atoms with E-state index in [0.717, 1.165) is 5.69 Å². The standard InChI is InChI=1S/C16H29N5O3/c1-12-9-20(13(2)10-22)16(23)5-4-6-21-14(7-18-19-21)11-24-15(12)8-17-3/h7,12-13,15,17,22H,4-6,8-11H2,1-3H3/t12-,13-,15-/m1/s1. The first kappa shape index (κ1) is 18.8. The minimum absolute atomic E-state index is 0.0385. The summed E-state index contributed by atoms with van der Waals surface area (Å²) < 4.78 is 7.89. The van der Waals surface area contributed by atoms with E-state index in [-0.39, 0.29) is 30.6 Å². The Morgan fingerprint density at radius 3 is 3.04 bits per heavy atom. The van der Waals surface area contributed by atoms with Gasteiger partial charge in [-0.15, -0.1) is 5.10 Å². The van der Waals surface area contributed by atoms with Crippen molar-refractivity contribution in [1.82, 2.24) is 25.2 Å². The lowest BCUT2D eigenvalue weighted by atomic mass is 10.0. The Hall–Kier alpha value is -1.51. The van der Waals surface area contributed by atoms with Gasteiger partial charge in [0.25, 0.3) is 0 Å². The van der Waals surface area contributed by atoms with Crippen LogP contribution in [0.15, 0.2) is 6.20 Å². The van der Waals surface area contributed by atoms with Gasteiger partial charge in [-0.25, -0.2) is 4.68 Å². The fourth-order valence-electron chi connectivity index (χ4n) is 2.97. The lowest BCUT2D eigenvalue weighted by Crippen LogP contribution is -2.47. The molecule has 136 valence electrons. The van der Waals surface area contributed by atoms with Crippen molar-refractivity contribution in [3.05, 3.63) is 11.9 Å². The second-order valence-electron chi connectivity index (χ2n) is 6.51. The molecule has 1 aliphatic rings. The Morgan fingerprint density at radius 2 is 2.33 bits per heavy atom. The molecule has 0 unspecified atom stereocenters. The zero-order valence-corrected chi connectivity index (χ0v) is 14.8. The van der Waals surface area contributed by atoms with E-state index in [1.54, 1.807) is 15.8 Å². The zero-order chi connectivity index (χ0) is 17.5. The Balaban J connectivity index is 2.20. The normalized spacial score (nSPS) is 24.8. The van der Waals surface area contributed by atoms with Crippen molar-refractivity contribution in [3.8, 4) is 0 Å². The van der Waals surface area contributed by atoms with Gasteiger partial charge in [0, 0.05) is 32.0 Å². The van der Waals surface area contributed by atoms with E-state index in [9.17, 15) is 9.90 Å². The molecular weight excluding hydrogens is 310 g/mol. The maximum absolute atomic E-state index is 12.6. The highest BCUT2D eigenvalue weighted by molar-refractivity contribution is 5.76. The SMILES string of the molecule is CNC[C@H]1OCc2cnnn2CCCC(=O)N([C@H](C)CO)C[C@H]1C. The van der Waals surface area contributed by atoms with E-state index in [2.05, 4.69) is 22.6 Å². The molecule has 1 amide bonds. The van der Waals surface area contributed by atoms with E-state index >= 15 is 0 Å². The first-order chi connectivity index (χ1) is 11.6. The number of ether oxygens (including phenoxy) is 1. The summed E-state index contributed by atoms with van der Waals surface area (Å²) in [5.74, 6) is 0.202. The number of carbonyl (C=O) groups excluding carboxylic acids is 1. The lowest BCUT2D eigenvalue weighted by molar-refractivity contribution is -0.136. The van der Waals surface area contributed by atoms with Gasteiger partial charge in [-0.3, -0.25) is 4.79 Å². The van der Waals surface area contributed by atoms with Crippen LogP contribution in [0, 0.1) is 5.92 Å². The van der Waals surface area contributed by atoms with Crippen molar-refractivity contribution in [2.75, 3.05) is 26.7 Å². The van der Waals surface area contributed by atoms with Gasteiger partial charge in [-0.2, -0.15) is 0 Å². The third-order valence-corrected chi connectivity index (χ3v) is 4.55. The summed E-state index contributed by atoms with van der Waals surface area (Å²) in [5.41, 5.74) is 0.928. The fourth-order valence-corrected chi connectivity index (χ4v) is 2.97. The summed E-state index contributed by atoms with van der Waals surface area (Å²) >= 11 is 0. The zero-order valence-electron chi connectivity index (χ0n) is 14.8. The van der Waals surface area contributed by atoms with Crippen LogP contribution in [0.4, 0.5) is 0 Å². The Labute approximate surface area is 143 Å². The Bertz CT molecular complexity index is 522. The van der Waals surface area contributed by atoms with Gasteiger partial charge in [-0.05, 0) is 20.4 Å². The minimum atomic E-state index is -0.194. The molecule has 0 radical (unpaired) electrons. The second-order valence-corrected chi connectivity index (χ2v) is 6.51. The highest BCUT2D eigenvalue weighted by Gasteiger charge is 2.27. The molecule has 1 aromatic rings. The maximum Gasteiger partial charge on any atom is 0.222 e. The number of aliphatic hydroxyl groups is 1. The maximum atomic E-state index is 12.6. The molecule has 0 aromatic carbocycles. The van der Waals surface area contributed by atoms with Crippen LogP contribution >= 0.6 is 0 Å². The molecule has 2 rings (SSSR count). The van der Waals surface area contributed by atoms with E-state index in [4.69, 9.17) is 4.74 Å². The fraction of sp³-hybridized carbons (Fsp3) is 0.812. The average Bonchev–Trinajstić information content (AvgIpc) is 3.01. The molecule has 8 nitrogen and oxygen atoms in total. The number of fused-ring (bicyclic) bond motifs is 1. The van der Waals surface area contributed by atoms with Crippen molar-refractivity contribution >= 4 is 5.91 Å². The summed E-state index contributed by atoms with van der Waals surface area (Å²) in [6.45, 7) is 6.27. The van der Waals surface area contributed by atoms with E-state index < -0.39 is 0 Å². The van der Waals surface area contributed by atoms with E-state index in [0.29, 0.717) is 39.1 Å². The largest absolute Gasteiger partial charge is 0.394 e. The van der Waals surface area contributed by atoms with Gasteiger partial charge in [0.1, 0.15) is 0 Å². The number of carbonyl (C=O) groups is 1. The first-order valence-electron chi connectivity index (χ1n) is 8.60. The number of hydrogen-bond donors (Lipinski definition) is 2. The molecule has 2 heterocycles.